The number of benzene rings is 1. The van der Waals surface area contributed by atoms with E-state index in [1.807, 2.05) is 12.1 Å². The minimum Gasteiger partial charge on any atom is -0.508 e. The van der Waals surface area contributed by atoms with Crippen molar-refractivity contribution in [3.8, 4) is 5.75 Å². The average molecular weight is 233 g/mol. The molecule has 1 aromatic carbocycles. The number of hydrogen-bond acceptors (Lipinski definition) is 1. The van der Waals surface area contributed by atoms with Gasteiger partial charge in [0.25, 0.3) is 0 Å². The lowest BCUT2D eigenvalue weighted by molar-refractivity contribution is 0.470. The van der Waals surface area contributed by atoms with E-state index in [1.54, 1.807) is 6.07 Å². The second kappa shape index (κ2) is 5.47. The number of aromatic hydroxyl groups is 1. The molecule has 0 bridgehead atoms. The molecule has 0 unspecified atom stereocenters. The van der Waals surface area contributed by atoms with Crippen molar-refractivity contribution in [3.05, 3.63) is 29.3 Å². The standard InChI is InChI=1S/C11H14Cl2O/c1-2-3-4-8-5-6-10(14)9(7-8)11(12)13/h5-7,11,14H,2-4H2,1H3. The third-order valence-corrected chi connectivity index (χ3v) is 2.62. The summed E-state index contributed by atoms with van der Waals surface area (Å²) in [7, 11) is 0. The van der Waals surface area contributed by atoms with E-state index in [0.717, 1.165) is 19.3 Å². The SMILES string of the molecule is CCCCc1ccc(O)c(C(Cl)Cl)c1. The number of phenols is 1. The van der Waals surface area contributed by atoms with E-state index in [9.17, 15) is 5.11 Å². The van der Waals surface area contributed by atoms with Gasteiger partial charge in [-0.2, -0.15) is 0 Å². The van der Waals surface area contributed by atoms with Gasteiger partial charge in [-0.05, 0) is 30.5 Å². The molecular weight excluding hydrogens is 219 g/mol. The van der Waals surface area contributed by atoms with Crippen molar-refractivity contribution >= 4 is 23.2 Å². The van der Waals surface area contributed by atoms with Gasteiger partial charge in [0.15, 0.2) is 0 Å². The van der Waals surface area contributed by atoms with Crippen molar-refractivity contribution in [2.75, 3.05) is 0 Å². The van der Waals surface area contributed by atoms with Gasteiger partial charge in [0.05, 0.1) is 0 Å². The lowest BCUT2D eigenvalue weighted by Crippen LogP contribution is -1.89. The van der Waals surface area contributed by atoms with Gasteiger partial charge in [0, 0.05) is 5.56 Å². The van der Waals surface area contributed by atoms with Crippen molar-refractivity contribution in [2.45, 2.75) is 31.0 Å². The first-order chi connectivity index (χ1) is 6.65. The molecular formula is C11H14Cl2O. The zero-order chi connectivity index (χ0) is 10.6. The molecule has 0 saturated heterocycles. The van der Waals surface area contributed by atoms with E-state index >= 15 is 0 Å². The molecule has 0 aromatic heterocycles. The first-order valence-corrected chi connectivity index (χ1v) is 5.62. The van der Waals surface area contributed by atoms with Crippen LogP contribution in [0, 0.1) is 0 Å². The number of unbranched alkanes of at least 4 members (excludes halogenated alkanes) is 1. The first-order valence-electron chi connectivity index (χ1n) is 4.75. The van der Waals surface area contributed by atoms with Crippen LogP contribution in [-0.4, -0.2) is 5.11 Å². The Morgan fingerprint density at radius 3 is 2.64 bits per heavy atom. The molecule has 0 heterocycles. The second-order valence-electron chi connectivity index (χ2n) is 3.30. The summed E-state index contributed by atoms with van der Waals surface area (Å²) >= 11 is 11.4. The molecule has 14 heavy (non-hydrogen) atoms. The Labute approximate surface area is 94.7 Å². The summed E-state index contributed by atoms with van der Waals surface area (Å²) < 4.78 is 0. The molecule has 0 aliphatic rings. The summed E-state index contributed by atoms with van der Waals surface area (Å²) in [6.07, 6.45) is 3.30. The molecule has 0 aliphatic carbocycles. The molecule has 0 saturated carbocycles. The molecule has 1 aromatic rings. The quantitative estimate of drug-likeness (QED) is 0.772. The Morgan fingerprint density at radius 2 is 2.07 bits per heavy atom. The molecule has 0 atom stereocenters. The number of hydrogen-bond donors (Lipinski definition) is 1. The van der Waals surface area contributed by atoms with Crippen LogP contribution in [0.15, 0.2) is 18.2 Å². The van der Waals surface area contributed by atoms with Gasteiger partial charge in [-0.25, -0.2) is 0 Å². The zero-order valence-electron chi connectivity index (χ0n) is 8.13. The van der Waals surface area contributed by atoms with Gasteiger partial charge < -0.3 is 5.11 Å². The molecule has 1 rings (SSSR count). The van der Waals surface area contributed by atoms with E-state index in [2.05, 4.69) is 6.92 Å². The molecule has 0 fully saturated rings. The number of halogens is 2. The van der Waals surface area contributed by atoms with Crippen LogP contribution in [0.5, 0.6) is 5.75 Å². The smallest absolute Gasteiger partial charge is 0.136 e. The highest BCUT2D eigenvalue weighted by molar-refractivity contribution is 6.44. The summed E-state index contributed by atoms with van der Waals surface area (Å²) in [5.74, 6) is 0.167. The predicted molar refractivity (Wildman–Crippen MR) is 61.2 cm³/mol. The maximum absolute atomic E-state index is 9.46. The monoisotopic (exact) mass is 232 g/mol. The number of aryl methyl sites for hydroxylation is 1. The fourth-order valence-corrected chi connectivity index (χ4v) is 1.66. The number of phenolic OH excluding ortho intramolecular Hbond substituents is 1. The van der Waals surface area contributed by atoms with E-state index in [4.69, 9.17) is 23.2 Å². The Morgan fingerprint density at radius 1 is 1.36 bits per heavy atom. The van der Waals surface area contributed by atoms with E-state index in [-0.39, 0.29) is 5.75 Å². The van der Waals surface area contributed by atoms with E-state index in [0.29, 0.717) is 5.56 Å². The highest BCUT2D eigenvalue weighted by Gasteiger charge is 2.09. The van der Waals surface area contributed by atoms with Crippen molar-refractivity contribution in [2.24, 2.45) is 0 Å². The summed E-state index contributed by atoms with van der Waals surface area (Å²) in [4.78, 5) is -0.656. The van der Waals surface area contributed by atoms with Crippen LogP contribution in [0.1, 0.15) is 35.7 Å². The maximum atomic E-state index is 9.46. The van der Waals surface area contributed by atoms with E-state index in [1.165, 1.54) is 5.56 Å². The minimum absolute atomic E-state index is 0.167. The molecule has 78 valence electrons. The maximum Gasteiger partial charge on any atom is 0.136 e. The van der Waals surface area contributed by atoms with Gasteiger partial charge in [-0.1, -0.05) is 42.6 Å². The fraction of sp³-hybridized carbons (Fsp3) is 0.455. The molecule has 1 nitrogen and oxygen atoms in total. The van der Waals surface area contributed by atoms with Crippen LogP contribution in [-0.2, 0) is 6.42 Å². The van der Waals surface area contributed by atoms with Gasteiger partial charge in [0.1, 0.15) is 10.6 Å². The van der Waals surface area contributed by atoms with Crippen LogP contribution < -0.4 is 0 Å². The largest absolute Gasteiger partial charge is 0.508 e. The Balaban J connectivity index is 2.83. The van der Waals surface area contributed by atoms with Gasteiger partial charge in [-0.15, -0.1) is 0 Å². The lowest BCUT2D eigenvalue weighted by Gasteiger charge is -2.07. The van der Waals surface area contributed by atoms with Crippen molar-refractivity contribution in [1.29, 1.82) is 0 Å². The lowest BCUT2D eigenvalue weighted by atomic mass is 10.1. The first kappa shape index (κ1) is 11.7. The molecule has 0 radical (unpaired) electrons. The summed E-state index contributed by atoms with van der Waals surface area (Å²) in [6, 6.07) is 5.43. The Kier molecular flexibility index (Phi) is 4.56. The number of alkyl halides is 2. The van der Waals surface area contributed by atoms with Crippen LogP contribution in [0.2, 0.25) is 0 Å². The highest BCUT2D eigenvalue weighted by atomic mass is 35.5. The van der Waals surface area contributed by atoms with Crippen LogP contribution >= 0.6 is 23.2 Å². The van der Waals surface area contributed by atoms with Crippen LogP contribution in [0.3, 0.4) is 0 Å². The molecule has 0 spiro atoms. The fourth-order valence-electron chi connectivity index (χ4n) is 1.32. The van der Waals surface area contributed by atoms with Crippen LogP contribution in [0.4, 0.5) is 0 Å². The predicted octanol–water partition coefficient (Wildman–Crippen LogP) is 4.21. The second-order valence-corrected chi connectivity index (χ2v) is 4.39. The summed E-state index contributed by atoms with van der Waals surface area (Å²) in [5, 5.41) is 9.46. The summed E-state index contributed by atoms with van der Waals surface area (Å²) in [5.41, 5.74) is 1.77. The van der Waals surface area contributed by atoms with Crippen molar-refractivity contribution in [3.63, 3.8) is 0 Å². The Bertz CT molecular complexity index is 297. The zero-order valence-corrected chi connectivity index (χ0v) is 9.65. The third kappa shape index (κ3) is 3.07. The van der Waals surface area contributed by atoms with Gasteiger partial charge >= 0.3 is 0 Å². The van der Waals surface area contributed by atoms with Crippen LogP contribution in [0.25, 0.3) is 0 Å². The molecule has 1 N–H and O–H groups in total. The van der Waals surface area contributed by atoms with Gasteiger partial charge in [-0.3, -0.25) is 0 Å². The van der Waals surface area contributed by atoms with Gasteiger partial charge in [0.2, 0.25) is 0 Å². The summed E-state index contributed by atoms with van der Waals surface area (Å²) in [6.45, 7) is 2.15. The number of rotatable bonds is 4. The topological polar surface area (TPSA) is 20.2 Å². The van der Waals surface area contributed by atoms with Crippen molar-refractivity contribution < 1.29 is 5.11 Å². The Hall–Kier alpha value is -0.400. The van der Waals surface area contributed by atoms with E-state index < -0.39 is 4.84 Å². The highest BCUT2D eigenvalue weighted by Crippen LogP contribution is 2.32. The minimum atomic E-state index is -0.656. The normalized spacial score (nSPS) is 10.9. The molecule has 3 heteroatoms. The molecule has 0 amide bonds. The third-order valence-electron chi connectivity index (χ3n) is 2.15. The average Bonchev–Trinajstić information content (AvgIpc) is 2.16. The molecule has 0 aliphatic heterocycles. The van der Waals surface area contributed by atoms with Crippen molar-refractivity contribution in [1.82, 2.24) is 0 Å².